The highest BCUT2D eigenvalue weighted by atomic mass is 32.2. The second-order valence-electron chi connectivity index (χ2n) is 6.57. The summed E-state index contributed by atoms with van der Waals surface area (Å²) in [5.41, 5.74) is 2.40. The highest BCUT2D eigenvalue weighted by Gasteiger charge is 2.27. The highest BCUT2D eigenvalue weighted by Crippen LogP contribution is 2.33. The molecular weight excluding hydrogens is 352 g/mol. The van der Waals surface area contributed by atoms with E-state index in [4.69, 9.17) is 4.74 Å². The first kappa shape index (κ1) is 17.1. The number of hydrogen-bond donors (Lipinski definition) is 2. The van der Waals surface area contributed by atoms with Gasteiger partial charge in [0.25, 0.3) is 0 Å². The molecule has 2 aromatic carbocycles. The molecule has 0 aliphatic carbocycles. The van der Waals surface area contributed by atoms with Crippen molar-refractivity contribution in [2.45, 2.75) is 36.6 Å². The summed E-state index contributed by atoms with van der Waals surface area (Å²) >= 11 is 0. The summed E-state index contributed by atoms with van der Waals surface area (Å²) in [6.45, 7) is 0.473. The van der Waals surface area contributed by atoms with Crippen LogP contribution in [0, 0.1) is 0 Å². The van der Waals surface area contributed by atoms with Crippen LogP contribution in [0.4, 0.5) is 5.69 Å². The van der Waals surface area contributed by atoms with Gasteiger partial charge in [-0.1, -0.05) is 18.2 Å². The van der Waals surface area contributed by atoms with Crippen LogP contribution in [0.3, 0.4) is 0 Å². The van der Waals surface area contributed by atoms with Gasteiger partial charge >= 0.3 is 0 Å². The van der Waals surface area contributed by atoms with E-state index in [0.717, 1.165) is 16.9 Å². The summed E-state index contributed by atoms with van der Waals surface area (Å²) in [5, 5.41) is 2.82. The Morgan fingerprint density at radius 1 is 1.12 bits per heavy atom. The van der Waals surface area contributed by atoms with Crippen molar-refractivity contribution in [3.8, 4) is 5.75 Å². The maximum absolute atomic E-state index is 12.9. The molecule has 4 rings (SSSR count). The Morgan fingerprint density at radius 3 is 2.85 bits per heavy atom. The number of aryl methyl sites for hydroxylation is 1. The number of carbonyl (C=O) groups is 1. The molecular formula is C19H20N2O4S. The lowest BCUT2D eigenvalue weighted by molar-refractivity contribution is -0.116. The van der Waals surface area contributed by atoms with Gasteiger partial charge in [-0.05, 0) is 42.7 Å². The van der Waals surface area contributed by atoms with Crippen molar-refractivity contribution in [2.24, 2.45) is 0 Å². The normalized spacial score (nSPS) is 19.5. The molecule has 0 saturated carbocycles. The molecule has 1 unspecified atom stereocenters. The minimum atomic E-state index is -3.68. The van der Waals surface area contributed by atoms with Gasteiger partial charge in [-0.3, -0.25) is 4.79 Å². The van der Waals surface area contributed by atoms with Crippen LogP contribution in [0.1, 0.15) is 36.4 Å². The lowest BCUT2D eigenvalue weighted by atomic mass is 10.0. The molecule has 7 heteroatoms. The monoisotopic (exact) mass is 372 g/mol. The third kappa shape index (κ3) is 3.32. The Balaban J connectivity index is 1.62. The topological polar surface area (TPSA) is 84.5 Å². The molecule has 0 bridgehead atoms. The van der Waals surface area contributed by atoms with E-state index in [1.807, 2.05) is 24.3 Å². The third-order valence-electron chi connectivity index (χ3n) is 4.77. The molecule has 0 aromatic heterocycles. The molecule has 1 atom stereocenters. The van der Waals surface area contributed by atoms with Crippen LogP contribution in [0.5, 0.6) is 5.75 Å². The fourth-order valence-corrected chi connectivity index (χ4v) is 4.74. The lowest BCUT2D eigenvalue weighted by Crippen LogP contribution is -2.32. The molecule has 136 valence electrons. The fraction of sp³-hybridized carbons (Fsp3) is 0.316. The van der Waals surface area contributed by atoms with Gasteiger partial charge in [0, 0.05) is 24.1 Å². The molecule has 0 saturated heterocycles. The van der Waals surface area contributed by atoms with Crippen LogP contribution in [0.25, 0.3) is 0 Å². The van der Waals surface area contributed by atoms with Crippen LogP contribution in [0.2, 0.25) is 0 Å². The number of carbonyl (C=O) groups excluding carboxylic acids is 1. The van der Waals surface area contributed by atoms with E-state index in [1.165, 1.54) is 6.07 Å². The lowest BCUT2D eigenvalue weighted by Gasteiger charge is -2.26. The van der Waals surface area contributed by atoms with E-state index < -0.39 is 10.0 Å². The van der Waals surface area contributed by atoms with Crippen molar-refractivity contribution >= 4 is 21.6 Å². The first-order chi connectivity index (χ1) is 12.5. The average molecular weight is 372 g/mol. The summed E-state index contributed by atoms with van der Waals surface area (Å²) in [6, 6.07) is 12.0. The second kappa shape index (κ2) is 6.74. The van der Waals surface area contributed by atoms with Gasteiger partial charge in [-0.15, -0.1) is 0 Å². The largest absolute Gasteiger partial charge is 0.493 e. The first-order valence-corrected chi connectivity index (χ1v) is 10.2. The number of amides is 1. The number of sulfonamides is 1. The molecule has 1 amide bonds. The minimum absolute atomic E-state index is 0.0312. The standard InChI is InChI=1S/C19H20N2O4S/c22-19-7-3-4-13-12-14(8-9-16(13)20-19)26(23,24)21-17-10-11-25-18-6-2-1-5-15(17)18/h1-2,5-6,8-9,12,17,21H,3-4,7,10-11H2,(H,20,22). The maximum atomic E-state index is 12.9. The number of rotatable bonds is 3. The number of benzene rings is 2. The highest BCUT2D eigenvalue weighted by molar-refractivity contribution is 7.89. The summed E-state index contributed by atoms with van der Waals surface area (Å²) in [6.07, 6.45) is 2.42. The fourth-order valence-electron chi connectivity index (χ4n) is 3.44. The summed E-state index contributed by atoms with van der Waals surface area (Å²) in [5.74, 6) is 0.687. The summed E-state index contributed by atoms with van der Waals surface area (Å²) < 4.78 is 34.2. The zero-order valence-electron chi connectivity index (χ0n) is 14.2. The molecule has 0 spiro atoms. The summed E-state index contributed by atoms with van der Waals surface area (Å²) in [4.78, 5) is 11.9. The molecule has 2 heterocycles. The molecule has 2 aromatic rings. The zero-order chi connectivity index (χ0) is 18.1. The van der Waals surface area contributed by atoms with Crippen LogP contribution in [-0.4, -0.2) is 20.9 Å². The van der Waals surface area contributed by atoms with Crippen LogP contribution in [-0.2, 0) is 21.2 Å². The molecule has 2 aliphatic rings. The summed E-state index contributed by atoms with van der Waals surface area (Å²) in [7, 11) is -3.68. The quantitative estimate of drug-likeness (QED) is 0.868. The molecule has 0 fully saturated rings. The van der Waals surface area contributed by atoms with Gasteiger partial charge in [0.15, 0.2) is 0 Å². The molecule has 2 N–H and O–H groups in total. The van der Waals surface area contributed by atoms with Gasteiger partial charge in [0.1, 0.15) is 5.75 Å². The van der Waals surface area contributed by atoms with Crippen LogP contribution >= 0.6 is 0 Å². The van der Waals surface area contributed by atoms with Gasteiger partial charge in [0.2, 0.25) is 15.9 Å². The van der Waals surface area contributed by atoms with E-state index >= 15 is 0 Å². The van der Waals surface area contributed by atoms with E-state index in [9.17, 15) is 13.2 Å². The Bertz CT molecular complexity index is 956. The van der Waals surface area contributed by atoms with Gasteiger partial charge in [-0.25, -0.2) is 13.1 Å². The minimum Gasteiger partial charge on any atom is -0.493 e. The number of anilines is 1. The number of nitrogens with one attached hydrogen (secondary N) is 2. The molecule has 26 heavy (non-hydrogen) atoms. The Kier molecular flexibility index (Phi) is 4.42. The number of ether oxygens (including phenoxy) is 1. The molecule has 0 radical (unpaired) electrons. The number of para-hydroxylation sites is 1. The van der Waals surface area contributed by atoms with E-state index in [-0.39, 0.29) is 16.8 Å². The van der Waals surface area contributed by atoms with Crippen molar-refractivity contribution in [3.63, 3.8) is 0 Å². The van der Waals surface area contributed by atoms with Gasteiger partial charge in [-0.2, -0.15) is 0 Å². The van der Waals surface area contributed by atoms with E-state index in [0.29, 0.717) is 38.0 Å². The zero-order valence-corrected chi connectivity index (χ0v) is 15.0. The predicted octanol–water partition coefficient (Wildman–Crippen LogP) is 2.76. The van der Waals surface area contributed by atoms with Gasteiger partial charge in [0.05, 0.1) is 17.5 Å². The van der Waals surface area contributed by atoms with Crippen molar-refractivity contribution in [1.29, 1.82) is 0 Å². The Hall–Kier alpha value is -2.38. The second-order valence-corrected chi connectivity index (χ2v) is 8.28. The maximum Gasteiger partial charge on any atom is 0.241 e. The molecule has 6 nitrogen and oxygen atoms in total. The van der Waals surface area contributed by atoms with Crippen LogP contribution < -0.4 is 14.8 Å². The van der Waals surface area contributed by atoms with Crippen molar-refractivity contribution in [1.82, 2.24) is 4.72 Å². The van der Waals surface area contributed by atoms with E-state index in [2.05, 4.69) is 10.0 Å². The first-order valence-electron chi connectivity index (χ1n) is 8.70. The van der Waals surface area contributed by atoms with Gasteiger partial charge < -0.3 is 10.1 Å². The van der Waals surface area contributed by atoms with Crippen molar-refractivity contribution in [3.05, 3.63) is 53.6 Å². The van der Waals surface area contributed by atoms with Crippen molar-refractivity contribution < 1.29 is 17.9 Å². The van der Waals surface area contributed by atoms with Crippen LogP contribution in [0.15, 0.2) is 47.4 Å². The molecule has 2 aliphatic heterocycles. The Labute approximate surface area is 152 Å². The number of hydrogen-bond acceptors (Lipinski definition) is 4. The number of fused-ring (bicyclic) bond motifs is 2. The van der Waals surface area contributed by atoms with E-state index in [1.54, 1.807) is 12.1 Å². The Morgan fingerprint density at radius 2 is 1.96 bits per heavy atom. The predicted molar refractivity (Wildman–Crippen MR) is 97.6 cm³/mol. The SMILES string of the molecule is O=C1CCCc2cc(S(=O)(=O)NC3CCOc4ccccc43)ccc2N1. The average Bonchev–Trinajstić information content (AvgIpc) is 2.81. The van der Waals surface area contributed by atoms with Crippen molar-refractivity contribution in [2.75, 3.05) is 11.9 Å². The smallest absolute Gasteiger partial charge is 0.241 e. The third-order valence-corrected chi connectivity index (χ3v) is 6.24.